The number of nitrogens with one attached hydrogen (secondary N) is 1. The first-order valence-electron chi connectivity index (χ1n) is 6.00. The molecule has 0 aromatic rings. The van der Waals surface area contributed by atoms with Gasteiger partial charge in [-0.05, 0) is 40.7 Å². The third-order valence-corrected chi connectivity index (χ3v) is 2.43. The molecule has 0 aliphatic heterocycles. The molecule has 0 amide bonds. The molecule has 0 aromatic carbocycles. The standard InChI is InChI=1S/C13H28N2/c1-7-9-15(10-8-2)12(3)11-14-13(4,5)6/h7,12,14H,1,8-11H2,2-6H3. The molecule has 0 bridgehead atoms. The molecule has 1 N–H and O–H groups in total. The summed E-state index contributed by atoms with van der Waals surface area (Å²) < 4.78 is 0. The van der Waals surface area contributed by atoms with Crippen molar-refractivity contribution in [3.63, 3.8) is 0 Å². The lowest BCUT2D eigenvalue weighted by Gasteiger charge is -2.31. The molecular formula is C13H28N2. The molecule has 2 heteroatoms. The van der Waals surface area contributed by atoms with E-state index in [2.05, 4.69) is 51.4 Å². The molecule has 0 spiro atoms. The molecule has 1 unspecified atom stereocenters. The Balaban J connectivity index is 4.01. The Morgan fingerprint density at radius 3 is 2.40 bits per heavy atom. The molecule has 0 heterocycles. The van der Waals surface area contributed by atoms with E-state index in [4.69, 9.17) is 0 Å². The van der Waals surface area contributed by atoms with Gasteiger partial charge in [0, 0.05) is 24.7 Å². The van der Waals surface area contributed by atoms with Crippen LogP contribution in [0.15, 0.2) is 12.7 Å². The number of rotatable bonds is 7. The average molecular weight is 212 g/mol. The largest absolute Gasteiger partial charge is 0.311 e. The molecule has 90 valence electrons. The van der Waals surface area contributed by atoms with Crippen molar-refractivity contribution in [1.29, 1.82) is 0 Å². The fourth-order valence-corrected chi connectivity index (χ4v) is 1.53. The van der Waals surface area contributed by atoms with E-state index in [9.17, 15) is 0 Å². The summed E-state index contributed by atoms with van der Waals surface area (Å²) in [6.07, 6.45) is 3.19. The van der Waals surface area contributed by atoms with E-state index in [0.717, 1.165) is 19.6 Å². The summed E-state index contributed by atoms with van der Waals surface area (Å²) in [4.78, 5) is 2.46. The molecule has 15 heavy (non-hydrogen) atoms. The van der Waals surface area contributed by atoms with Crippen LogP contribution in [0.25, 0.3) is 0 Å². The van der Waals surface area contributed by atoms with Crippen molar-refractivity contribution >= 4 is 0 Å². The smallest absolute Gasteiger partial charge is 0.0195 e. The van der Waals surface area contributed by atoms with Crippen LogP contribution < -0.4 is 5.32 Å². The van der Waals surface area contributed by atoms with E-state index in [-0.39, 0.29) is 5.54 Å². The Hall–Kier alpha value is -0.340. The third kappa shape index (κ3) is 7.57. The highest BCUT2D eigenvalue weighted by molar-refractivity contribution is 4.80. The summed E-state index contributed by atoms with van der Waals surface area (Å²) in [6, 6.07) is 0.571. The minimum atomic E-state index is 0.209. The van der Waals surface area contributed by atoms with Crippen LogP contribution in [0.4, 0.5) is 0 Å². The number of hydrogen-bond donors (Lipinski definition) is 1. The average Bonchev–Trinajstić information content (AvgIpc) is 2.13. The van der Waals surface area contributed by atoms with Crippen molar-refractivity contribution in [1.82, 2.24) is 10.2 Å². The summed E-state index contributed by atoms with van der Waals surface area (Å²) in [5.74, 6) is 0. The van der Waals surface area contributed by atoms with Crippen LogP contribution in [-0.2, 0) is 0 Å². The van der Waals surface area contributed by atoms with Gasteiger partial charge in [0.15, 0.2) is 0 Å². The van der Waals surface area contributed by atoms with Gasteiger partial charge in [-0.1, -0.05) is 13.0 Å². The zero-order chi connectivity index (χ0) is 11.9. The van der Waals surface area contributed by atoms with Crippen LogP contribution in [0.5, 0.6) is 0 Å². The van der Waals surface area contributed by atoms with E-state index < -0.39 is 0 Å². The Kier molecular flexibility index (Phi) is 6.86. The SMILES string of the molecule is C=CCN(CCC)C(C)CNC(C)(C)C. The maximum Gasteiger partial charge on any atom is 0.0195 e. The minimum absolute atomic E-state index is 0.209. The predicted octanol–water partition coefficient (Wildman–Crippen LogP) is 2.66. The first-order chi connectivity index (χ1) is 6.90. The topological polar surface area (TPSA) is 15.3 Å². The van der Waals surface area contributed by atoms with Crippen LogP contribution in [0.1, 0.15) is 41.0 Å². The van der Waals surface area contributed by atoms with E-state index in [1.807, 2.05) is 6.08 Å². The molecule has 0 saturated carbocycles. The summed E-state index contributed by atoms with van der Waals surface area (Å²) in [7, 11) is 0. The zero-order valence-corrected chi connectivity index (χ0v) is 11.1. The van der Waals surface area contributed by atoms with Crippen LogP contribution in [0.2, 0.25) is 0 Å². The third-order valence-electron chi connectivity index (χ3n) is 2.43. The lowest BCUT2D eigenvalue weighted by atomic mass is 10.1. The normalized spacial score (nSPS) is 14.3. The second-order valence-electron chi connectivity index (χ2n) is 5.26. The van der Waals surface area contributed by atoms with Gasteiger partial charge in [0.25, 0.3) is 0 Å². The fourth-order valence-electron chi connectivity index (χ4n) is 1.53. The van der Waals surface area contributed by atoms with Crippen molar-refractivity contribution in [2.24, 2.45) is 0 Å². The highest BCUT2D eigenvalue weighted by atomic mass is 15.2. The maximum absolute atomic E-state index is 3.81. The molecule has 0 aliphatic rings. The molecular weight excluding hydrogens is 184 g/mol. The van der Waals surface area contributed by atoms with Crippen LogP contribution in [-0.4, -0.2) is 36.1 Å². The van der Waals surface area contributed by atoms with Gasteiger partial charge < -0.3 is 5.32 Å². The molecule has 1 atom stereocenters. The molecule has 0 aliphatic carbocycles. The van der Waals surface area contributed by atoms with Crippen molar-refractivity contribution in [3.05, 3.63) is 12.7 Å². The van der Waals surface area contributed by atoms with E-state index in [0.29, 0.717) is 6.04 Å². The molecule has 0 fully saturated rings. The van der Waals surface area contributed by atoms with Crippen molar-refractivity contribution in [2.75, 3.05) is 19.6 Å². The predicted molar refractivity (Wildman–Crippen MR) is 69.3 cm³/mol. The van der Waals surface area contributed by atoms with E-state index in [1.54, 1.807) is 0 Å². The lowest BCUT2D eigenvalue weighted by Crippen LogP contribution is -2.46. The number of hydrogen-bond acceptors (Lipinski definition) is 2. The van der Waals surface area contributed by atoms with Gasteiger partial charge in [0.05, 0.1) is 0 Å². The van der Waals surface area contributed by atoms with Crippen LogP contribution in [0.3, 0.4) is 0 Å². The minimum Gasteiger partial charge on any atom is -0.311 e. The van der Waals surface area contributed by atoms with Gasteiger partial charge in [0.2, 0.25) is 0 Å². The number of nitrogens with zero attached hydrogens (tertiary/aromatic N) is 1. The maximum atomic E-state index is 3.81. The second kappa shape index (κ2) is 7.02. The van der Waals surface area contributed by atoms with Crippen molar-refractivity contribution < 1.29 is 0 Å². The van der Waals surface area contributed by atoms with Gasteiger partial charge >= 0.3 is 0 Å². The Bertz CT molecular complexity index is 170. The van der Waals surface area contributed by atoms with E-state index >= 15 is 0 Å². The van der Waals surface area contributed by atoms with Gasteiger partial charge in [-0.25, -0.2) is 0 Å². The molecule has 0 aromatic heterocycles. The molecule has 0 rings (SSSR count). The highest BCUT2D eigenvalue weighted by Gasteiger charge is 2.15. The fraction of sp³-hybridized carbons (Fsp3) is 0.846. The quantitative estimate of drug-likeness (QED) is 0.653. The Morgan fingerprint density at radius 1 is 1.40 bits per heavy atom. The first kappa shape index (κ1) is 14.7. The van der Waals surface area contributed by atoms with Crippen molar-refractivity contribution in [3.8, 4) is 0 Å². The van der Waals surface area contributed by atoms with Gasteiger partial charge in [-0.15, -0.1) is 6.58 Å². The Labute approximate surface area is 95.7 Å². The van der Waals surface area contributed by atoms with Gasteiger partial charge in [-0.2, -0.15) is 0 Å². The summed E-state index contributed by atoms with van der Waals surface area (Å²) in [5, 5.41) is 3.54. The molecule has 2 nitrogen and oxygen atoms in total. The van der Waals surface area contributed by atoms with Crippen LogP contribution in [0, 0.1) is 0 Å². The molecule has 0 radical (unpaired) electrons. The summed E-state index contributed by atoms with van der Waals surface area (Å²) in [5.41, 5.74) is 0.209. The monoisotopic (exact) mass is 212 g/mol. The summed E-state index contributed by atoms with van der Waals surface area (Å²) in [6.45, 7) is 18.1. The Morgan fingerprint density at radius 2 is 2.00 bits per heavy atom. The van der Waals surface area contributed by atoms with Gasteiger partial charge in [0.1, 0.15) is 0 Å². The highest BCUT2D eigenvalue weighted by Crippen LogP contribution is 2.03. The first-order valence-corrected chi connectivity index (χ1v) is 6.00. The zero-order valence-electron chi connectivity index (χ0n) is 11.1. The van der Waals surface area contributed by atoms with Crippen molar-refractivity contribution in [2.45, 2.75) is 52.6 Å². The van der Waals surface area contributed by atoms with E-state index in [1.165, 1.54) is 6.42 Å². The second-order valence-corrected chi connectivity index (χ2v) is 5.26. The molecule has 0 saturated heterocycles. The summed E-state index contributed by atoms with van der Waals surface area (Å²) >= 11 is 0. The lowest BCUT2D eigenvalue weighted by molar-refractivity contribution is 0.214. The van der Waals surface area contributed by atoms with Gasteiger partial charge in [-0.3, -0.25) is 4.90 Å². The van der Waals surface area contributed by atoms with Crippen LogP contribution >= 0.6 is 0 Å².